The van der Waals surface area contributed by atoms with Crippen LogP contribution in [0.25, 0.3) is 11.0 Å². The first-order valence-corrected chi connectivity index (χ1v) is 14.7. The number of hydrogen-bond donors (Lipinski definition) is 2. The standard InChI is InChI=1S/C29H29N5O6S/c1-17-3-5-20-12-21(17)15-33-16-22-11-19(4-8-26(22)40-41(33,38)39)14-30-27(35)9-10-34-25-7-6-23(24(20)13-28(36)37)18(2)29(25)31-32-34/h3-8,11-12,24H,9-10,13-16H2,1-2H3,(H,30,35)(H,36,37). The third-order valence-corrected chi connectivity index (χ3v) is 9.16. The highest BCUT2D eigenvalue weighted by Crippen LogP contribution is 2.36. The van der Waals surface area contributed by atoms with Gasteiger partial charge in [-0.1, -0.05) is 35.5 Å². The van der Waals surface area contributed by atoms with Crippen LogP contribution in [-0.2, 0) is 46.1 Å². The summed E-state index contributed by atoms with van der Waals surface area (Å²) in [5.41, 5.74) is 6.89. The Morgan fingerprint density at radius 1 is 1.10 bits per heavy atom. The van der Waals surface area contributed by atoms with Crippen LogP contribution in [0.3, 0.4) is 0 Å². The van der Waals surface area contributed by atoms with E-state index in [2.05, 4.69) is 15.6 Å². The van der Waals surface area contributed by atoms with Gasteiger partial charge in [-0.05, 0) is 65.4 Å². The minimum absolute atomic E-state index is 0.0501. The summed E-state index contributed by atoms with van der Waals surface area (Å²) in [6.45, 7) is 4.55. The summed E-state index contributed by atoms with van der Waals surface area (Å²) in [5.74, 6) is -1.36. The van der Waals surface area contributed by atoms with Gasteiger partial charge < -0.3 is 14.6 Å². The number of carboxylic acid groups (broad SMARTS) is 1. The molecule has 3 aromatic carbocycles. The maximum atomic E-state index is 13.1. The third kappa shape index (κ3) is 5.16. The van der Waals surface area contributed by atoms with Gasteiger partial charge in [0, 0.05) is 37.5 Å². The van der Waals surface area contributed by atoms with E-state index in [0.717, 1.165) is 38.9 Å². The molecule has 41 heavy (non-hydrogen) atoms. The molecule has 2 unspecified atom stereocenters. The molecule has 7 rings (SSSR count). The van der Waals surface area contributed by atoms with Gasteiger partial charge in [0.15, 0.2) is 0 Å². The van der Waals surface area contributed by atoms with Gasteiger partial charge in [0.05, 0.1) is 18.5 Å². The number of carboxylic acids is 1. The van der Waals surface area contributed by atoms with Gasteiger partial charge >= 0.3 is 16.3 Å². The summed E-state index contributed by atoms with van der Waals surface area (Å²) >= 11 is 0. The molecule has 0 fully saturated rings. The Bertz CT molecular complexity index is 1820. The molecule has 0 radical (unpaired) electrons. The SMILES string of the molecule is Cc1ccc2cc1CN1Cc3cc(ccc3OS1(=O)=O)CNC(=O)CCn1nnc3c(C)c(ccc31)C2CC(=O)O. The van der Waals surface area contributed by atoms with Crippen LogP contribution in [0.15, 0.2) is 48.5 Å². The number of hydrogen-bond acceptors (Lipinski definition) is 7. The molecule has 2 N–H and O–H groups in total. The number of carbonyl (C=O) groups is 2. The average Bonchev–Trinajstić information content (AvgIpc) is 3.34. The van der Waals surface area contributed by atoms with Gasteiger partial charge in [0.1, 0.15) is 11.3 Å². The number of amides is 1. The van der Waals surface area contributed by atoms with Gasteiger partial charge in [-0.3, -0.25) is 9.59 Å². The van der Waals surface area contributed by atoms with Gasteiger partial charge in [-0.15, -0.1) is 5.10 Å². The van der Waals surface area contributed by atoms with Crippen LogP contribution in [0.5, 0.6) is 5.75 Å². The third-order valence-electron chi connectivity index (χ3n) is 7.88. The predicted octanol–water partition coefficient (Wildman–Crippen LogP) is 3.31. The first kappa shape index (κ1) is 26.9. The van der Waals surface area contributed by atoms with E-state index in [1.807, 2.05) is 50.2 Å². The molecular formula is C29H29N5O6S. The Balaban J connectivity index is 1.49. The minimum atomic E-state index is -4.06. The molecule has 0 aliphatic carbocycles. The zero-order chi connectivity index (χ0) is 28.9. The Kier molecular flexibility index (Phi) is 6.74. The molecule has 0 saturated heterocycles. The molecule has 1 aromatic heterocycles. The molecule has 1 amide bonds. The molecule has 9 bridgehead atoms. The van der Waals surface area contributed by atoms with Crippen molar-refractivity contribution in [3.8, 4) is 5.75 Å². The van der Waals surface area contributed by atoms with E-state index < -0.39 is 22.2 Å². The quantitative estimate of drug-likeness (QED) is 0.371. The zero-order valence-corrected chi connectivity index (χ0v) is 23.4. The highest BCUT2D eigenvalue weighted by molar-refractivity contribution is 7.84. The second-order valence-electron chi connectivity index (χ2n) is 10.6. The van der Waals surface area contributed by atoms with Crippen molar-refractivity contribution in [2.24, 2.45) is 0 Å². The molecule has 0 saturated carbocycles. The first-order chi connectivity index (χ1) is 19.6. The highest BCUT2D eigenvalue weighted by Gasteiger charge is 2.32. The van der Waals surface area contributed by atoms with Crippen molar-refractivity contribution in [3.63, 3.8) is 0 Å². The molecule has 11 nitrogen and oxygen atoms in total. The van der Waals surface area contributed by atoms with Gasteiger partial charge in [0.25, 0.3) is 0 Å². The molecule has 212 valence electrons. The summed E-state index contributed by atoms with van der Waals surface area (Å²) in [4.78, 5) is 24.7. The highest BCUT2D eigenvalue weighted by atomic mass is 32.2. The Morgan fingerprint density at radius 2 is 1.90 bits per heavy atom. The van der Waals surface area contributed by atoms with E-state index >= 15 is 0 Å². The maximum Gasteiger partial charge on any atom is 0.385 e. The van der Waals surface area contributed by atoms with Crippen LogP contribution >= 0.6 is 0 Å². The largest absolute Gasteiger partial charge is 0.481 e. The molecule has 12 heteroatoms. The lowest BCUT2D eigenvalue weighted by Gasteiger charge is -2.29. The van der Waals surface area contributed by atoms with E-state index in [1.54, 1.807) is 16.8 Å². The lowest BCUT2D eigenvalue weighted by Crippen LogP contribution is -2.37. The van der Waals surface area contributed by atoms with Gasteiger partial charge in [0.2, 0.25) is 5.91 Å². The Labute approximate surface area is 237 Å². The maximum absolute atomic E-state index is 13.1. The number of aryl methyl sites for hydroxylation is 3. The van der Waals surface area contributed by atoms with Crippen molar-refractivity contribution in [1.29, 1.82) is 0 Å². The van der Waals surface area contributed by atoms with Crippen LogP contribution in [0.4, 0.5) is 0 Å². The van der Waals surface area contributed by atoms with Crippen molar-refractivity contribution in [2.45, 2.75) is 58.8 Å². The van der Waals surface area contributed by atoms with Crippen LogP contribution in [0.1, 0.15) is 57.7 Å². The van der Waals surface area contributed by atoms with Crippen LogP contribution < -0.4 is 9.50 Å². The monoisotopic (exact) mass is 575 g/mol. The molecule has 3 aliphatic heterocycles. The molecule has 2 atom stereocenters. The van der Waals surface area contributed by atoms with Crippen LogP contribution in [0, 0.1) is 13.8 Å². The molecule has 4 aromatic rings. The fourth-order valence-electron chi connectivity index (χ4n) is 5.59. The Morgan fingerprint density at radius 3 is 2.71 bits per heavy atom. The smallest absolute Gasteiger partial charge is 0.385 e. The minimum Gasteiger partial charge on any atom is -0.481 e. The number of nitrogens with one attached hydrogen (secondary N) is 1. The molecular weight excluding hydrogens is 546 g/mol. The number of carbonyl (C=O) groups excluding carboxylic acids is 1. The topological polar surface area (TPSA) is 144 Å². The van der Waals surface area contributed by atoms with E-state index in [9.17, 15) is 23.1 Å². The Hall–Kier alpha value is -4.29. The summed E-state index contributed by atoms with van der Waals surface area (Å²) in [6.07, 6.45) is 0.0253. The fourth-order valence-corrected chi connectivity index (χ4v) is 6.68. The molecule has 4 heterocycles. The van der Waals surface area contributed by atoms with Crippen molar-refractivity contribution in [2.75, 3.05) is 0 Å². The number of nitrogens with zero attached hydrogens (tertiary/aromatic N) is 4. The lowest BCUT2D eigenvalue weighted by atomic mass is 9.84. The van der Waals surface area contributed by atoms with E-state index in [4.69, 9.17) is 4.18 Å². The molecule has 3 aliphatic rings. The summed E-state index contributed by atoms with van der Waals surface area (Å²) < 4.78 is 34.6. The lowest BCUT2D eigenvalue weighted by molar-refractivity contribution is -0.137. The van der Waals surface area contributed by atoms with E-state index in [0.29, 0.717) is 17.6 Å². The zero-order valence-electron chi connectivity index (χ0n) is 22.6. The second-order valence-corrected chi connectivity index (χ2v) is 12.1. The normalized spacial score (nSPS) is 20.1. The first-order valence-electron chi connectivity index (χ1n) is 13.3. The van der Waals surface area contributed by atoms with E-state index in [-0.39, 0.29) is 44.1 Å². The van der Waals surface area contributed by atoms with Gasteiger partial charge in [-0.2, -0.15) is 12.7 Å². The number of aliphatic carboxylic acids is 1. The van der Waals surface area contributed by atoms with E-state index in [1.165, 1.54) is 4.31 Å². The van der Waals surface area contributed by atoms with Crippen molar-refractivity contribution in [1.82, 2.24) is 24.6 Å². The predicted molar refractivity (Wildman–Crippen MR) is 149 cm³/mol. The number of rotatable bonds is 2. The summed E-state index contributed by atoms with van der Waals surface area (Å²) in [5, 5.41) is 21.4. The second kappa shape index (κ2) is 10.3. The number of aromatic nitrogens is 3. The fraction of sp³-hybridized carbons (Fsp3) is 0.310. The molecule has 0 spiro atoms. The van der Waals surface area contributed by atoms with Crippen LogP contribution in [-0.4, -0.2) is 44.7 Å². The van der Waals surface area contributed by atoms with Gasteiger partial charge in [-0.25, -0.2) is 4.68 Å². The summed E-state index contributed by atoms with van der Waals surface area (Å²) in [7, 11) is -4.06. The summed E-state index contributed by atoms with van der Waals surface area (Å²) in [6, 6.07) is 14.6. The number of fused-ring (bicyclic) bond motifs is 5. The number of benzene rings is 3. The van der Waals surface area contributed by atoms with Crippen LogP contribution in [0.2, 0.25) is 0 Å². The van der Waals surface area contributed by atoms with Crippen molar-refractivity contribution >= 4 is 33.2 Å². The van der Waals surface area contributed by atoms with Crippen molar-refractivity contribution < 1.29 is 27.3 Å². The van der Waals surface area contributed by atoms with Crippen molar-refractivity contribution in [3.05, 3.63) is 87.5 Å². The average molecular weight is 576 g/mol.